The second kappa shape index (κ2) is 12.0. The first-order chi connectivity index (χ1) is 19.8. The number of aromatic nitrogens is 1. The number of carbonyl (C=O) groups is 2. The van der Waals surface area contributed by atoms with E-state index in [0.29, 0.717) is 18.9 Å². The summed E-state index contributed by atoms with van der Waals surface area (Å²) in [7, 11) is 0. The van der Waals surface area contributed by atoms with Crippen molar-refractivity contribution in [3.8, 4) is 0 Å². The molecule has 42 heavy (non-hydrogen) atoms. The number of nitrogens with zero attached hydrogens (tertiary/aromatic N) is 4. The molecule has 1 aliphatic carbocycles. The number of rotatable bonds is 5. The molecule has 1 N–H and O–H groups in total. The average Bonchev–Trinajstić information content (AvgIpc) is 3.03. The third-order valence-corrected chi connectivity index (χ3v) is 8.67. The molecule has 1 saturated heterocycles. The molecule has 226 valence electrons. The van der Waals surface area contributed by atoms with Crippen molar-refractivity contribution in [1.82, 2.24) is 20.1 Å². The Labute approximate surface area is 254 Å². The number of likely N-dealkylation sites (tertiary alicyclic amines) is 1. The fraction of sp³-hybridized carbons (Fsp3) is 0.576. The molecule has 9 heteroatoms. The van der Waals surface area contributed by atoms with Crippen LogP contribution in [0.1, 0.15) is 89.2 Å². The van der Waals surface area contributed by atoms with Gasteiger partial charge in [-0.05, 0) is 120 Å². The lowest BCUT2D eigenvalue weighted by atomic mass is 9.89. The van der Waals surface area contributed by atoms with Crippen molar-refractivity contribution < 1.29 is 14.3 Å². The van der Waals surface area contributed by atoms with Crippen molar-refractivity contribution in [2.75, 3.05) is 19.6 Å². The molecule has 2 unspecified atom stereocenters. The number of alkyl carbamates (subject to hydrolysis) is 1. The van der Waals surface area contributed by atoms with Gasteiger partial charge < -0.3 is 4.74 Å². The van der Waals surface area contributed by atoms with Crippen LogP contribution in [0.15, 0.2) is 41.5 Å². The fourth-order valence-corrected chi connectivity index (χ4v) is 6.92. The Balaban J connectivity index is 1.33. The van der Waals surface area contributed by atoms with Crippen molar-refractivity contribution in [3.63, 3.8) is 0 Å². The van der Waals surface area contributed by atoms with Gasteiger partial charge in [0.2, 0.25) is 5.96 Å². The van der Waals surface area contributed by atoms with Gasteiger partial charge in [0.25, 0.3) is 5.91 Å². The van der Waals surface area contributed by atoms with E-state index < -0.39 is 17.2 Å². The molecule has 3 aliphatic rings. The third-order valence-electron chi connectivity index (χ3n) is 8.44. The number of hydrogen-bond acceptors (Lipinski definition) is 6. The third kappa shape index (κ3) is 6.65. The second-order valence-electron chi connectivity index (χ2n) is 13.6. The van der Waals surface area contributed by atoms with Crippen molar-refractivity contribution in [2.45, 2.75) is 90.8 Å². The number of hydrogen-bond donors (Lipinski definition) is 1. The number of amides is 2. The number of guanidine groups is 1. The van der Waals surface area contributed by atoms with E-state index in [2.05, 4.69) is 42.3 Å². The lowest BCUT2D eigenvalue weighted by Crippen LogP contribution is -2.50. The van der Waals surface area contributed by atoms with E-state index in [4.69, 9.17) is 26.3 Å². The molecule has 5 rings (SSSR count). The van der Waals surface area contributed by atoms with E-state index in [1.807, 2.05) is 46.0 Å². The first-order valence-electron chi connectivity index (χ1n) is 15.2. The molecule has 0 spiro atoms. The van der Waals surface area contributed by atoms with Gasteiger partial charge in [0, 0.05) is 17.8 Å². The highest BCUT2D eigenvalue weighted by Gasteiger charge is 2.46. The Morgan fingerprint density at radius 3 is 2.57 bits per heavy atom. The number of halogens is 1. The average molecular weight is 594 g/mol. The molecule has 0 radical (unpaired) electrons. The zero-order valence-electron chi connectivity index (χ0n) is 25.7. The molecule has 0 bridgehead atoms. The molecule has 0 saturated carbocycles. The van der Waals surface area contributed by atoms with Crippen LogP contribution in [0.2, 0.25) is 5.02 Å². The van der Waals surface area contributed by atoms with E-state index in [-0.39, 0.29) is 23.8 Å². The number of benzene rings is 1. The maximum absolute atomic E-state index is 13.8. The molecule has 1 fully saturated rings. The zero-order chi connectivity index (χ0) is 30.2. The normalized spacial score (nSPS) is 23.3. The Morgan fingerprint density at radius 2 is 1.88 bits per heavy atom. The van der Waals surface area contributed by atoms with Crippen molar-refractivity contribution in [2.24, 2.45) is 16.8 Å². The molecular weight excluding hydrogens is 550 g/mol. The predicted octanol–water partition coefficient (Wildman–Crippen LogP) is 6.16. The summed E-state index contributed by atoms with van der Waals surface area (Å²) in [5, 5.41) is 3.56. The molecule has 1 aromatic heterocycles. The van der Waals surface area contributed by atoms with Gasteiger partial charge in [0.15, 0.2) is 0 Å². The summed E-state index contributed by atoms with van der Waals surface area (Å²) in [5.41, 5.74) is 3.44. The second-order valence-corrected chi connectivity index (χ2v) is 14.1. The SMILES string of the molecule is CC(C)CC1(C)N=C(NC(=O)OC(C)(C)C)N(CC2CCN(C3c4ccc(Cl)cc4CCc4cccnc43)CC2)C1=O. The number of piperidine rings is 1. The van der Waals surface area contributed by atoms with E-state index in [0.717, 1.165) is 49.5 Å². The quantitative estimate of drug-likeness (QED) is 0.448. The monoisotopic (exact) mass is 593 g/mol. The van der Waals surface area contributed by atoms with Crippen LogP contribution >= 0.6 is 11.6 Å². The summed E-state index contributed by atoms with van der Waals surface area (Å²) in [6, 6.07) is 10.6. The van der Waals surface area contributed by atoms with Crippen molar-refractivity contribution in [1.29, 1.82) is 0 Å². The highest BCUT2D eigenvalue weighted by molar-refractivity contribution is 6.30. The van der Waals surface area contributed by atoms with Gasteiger partial charge in [0.1, 0.15) is 11.1 Å². The highest BCUT2D eigenvalue weighted by Crippen LogP contribution is 2.39. The number of ether oxygens (including phenoxy) is 1. The van der Waals surface area contributed by atoms with Gasteiger partial charge in [0.05, 0.1) is 11.7 Å². The summed E-state index contributed by atoms with van der Waals surface area (Å²) in [6.45, 7) is 13.8. The molecule has 1 aromatic carbocycles. The van der Waals surface area contributed by atoms with Gasteiger partial charge >= 0.3 is 6.09 Å². The summed E-state index contributed by atoms with van der Waals surface area (Å²) >= 11 is 6.40. The minimum Gasteiger partial charge on any atom is -0.444 e. The van der Waals surface area contributed by atoms with Crippen LogP contribution < -0.4 is 5.32 Å². The Hall–Kier alpha value is -2.97. The summed E-state index contributed by atoms with van der Waals surface area (Å²) in [6.07, 6.45) is 5.64. The van der Waals surface area contributed by atoms with E-state index in [9.17, 15) is 9.59 Å². The Morgan fingerprint density at radius 1 is 1.17 bits per heavy atom. The van der Waals surface area contributed by atoms with Crippen LogP contribution in [0.25, 0.3) is 0 Å². The van der Waals surface area contributed by atoms with Crippen molar-refractivity contribution >= 4 is 29.6 Å². The van der Waals surface area contributed by atoms with Gasteiger partial charge in [-0.1, -0.05) is 37.6 Å². The largest absolute Gasteiger partial charge is 0.444 e. The standard InChI is InChI=1S/C33H44ClN5O3/c1-21(2)19-33(6)29(40)39(30(37-33)36-31(41)42-32(3,4)5)20-22-13-16-38(17-14-22)28-26-12-11-25(34)18-24(26)10-9-23-8-7-15-35-27(23)28/h7-8,11-12,15,18,21-22,28H,9-10,13-14,16-17,19-20H2,1-6H3,(H,36,37,41). The van der Waals surface area contributed by atoms with E-state index >= 15 is 0 Å². The van der Waals surface area contributed by atoms with Crippen molar-refractivity contribution in [3.05, 3.63) is 63.9 Å². The topological polar surface area (TPSA) is 87.1 Å². The maximum atomic E-state index is 13.8. The summed E-state index contributed by atoms with van der Waals surface area (Å²) in [5.74, 6) is 0.795. The molecule has 2 aromatic rings. The number of pyridine rings is 1. The first kappa shape index (κ1) is 30.5. The van der Waals surface area contributed by atoms with Crippen LogP contribution in [-0.2, 0) is 22.4 Å². The van der Waals surface area contributed by atoms with Crippen LogP contribution in [0.5, 0.6) is 0 Å². The Bertz CT molecular complexity index is 1360. The molecule has 3 heterocycles. The smallest absolute Gasteiger partial charge is 0.414 e. The highest BCUT2D eigenvalue weighted by atomic mass is 35.5. The van der Waals surface area contributed by atoms with E-state index in [1.165, 1.54) is 16.7 Å². The van der Waals surface area contributed by atoms with Gasteiger partial charge in [-0.25, -0.2) is 9.79 Å². The lowest BCUT2D eigenvalue weighted by molar-refractivity contribution is -0.131. The number of aryl methyl sites for hydroxylation is 2. The fourth-order valence-electron chi connectivity index (χ4n) is 6.72. The molecule has 2 aliphatic heterocycles. The van der Waals surface area contributed by atoms with Crippen LogP contribution in [0.4, 0.5) is 4.79 Å². The number of fused-ring (bicyclic) bond motifs is 2. The molecule has 2 amide bonds. The number of aliphatic imine (C=N–C) groups is 1. The molecular formula is C33H44ClN5O3. The van der Waals surface area contributed by atoms with Gasteiger partial charge in [-0.3, -0.25) is 24.9 Å². The van der Waals surface area contributed by atoms with Crippen LogP contribution in [0.3, 0.4) is 0 Å². The summed E-state index contributed by atoms with van der Waals surface area (Å²) < 4.78 is 5.49. The lowest BCUT2D eigenvalue weighted by Gasteiger charge is -2.39. The van der Waals surface area contributed by atoms with Gasteiger partial charge in [-0.2, -0.15) is 0 Å². The molecule has 2 atom stereocenters. The van der Waals surface area contributed by atoms with Crippen LogP contribution in [-0.4, -0.2) is 63.5 Å². The van der Waals surface area contributed by atoms with Crippen LogP contribution in [0, 0.1) is 11.8 Å². The number of carbonyl (C=O) groups excluding carboxylic acids is 2. The summed E-state index contributed by atoms with van der Waals surface area (Å²) in [4.78, 5) is 40.3. The maximum Gasteiger partial charge on any atom is 0.414 e. The zero-order valence-corrected chi connectivity index (χ0v) is 26.5. The number of nitrogens with one attached hydrogen (secondary N) is 1. The Kier molecular flexibility index (Phi) is 8.68. The minimum absolute atomic E-state index is 0.0580. The molecule has 8 nitrogen and oxygen atoms in total. The van der Waals surface area contributed by atoms with E-state index in [1.54, 1.807) is 4.90 Å². The van der Waals surface area contributed by atoms with Gasteiger partial charge in [-0.15, -0.1) is 0 Å². The minimum atomic E-state index is -0.903. The first-order valence-corrected chi connectivity index (χ1v) is 15.6. The predicted molar refractivity (Wildman–Crippen MR) is 166 cm³/mol.